The van der Waals surface area contributed by atoms with Crippen LogP contribution in [0.2, 0.25) is 0 Å². The van der Waals surface area contributed by atoms with Gasteiger partial charge >= 0.3 is 0 Å². The number of para-hydroxylation sites is 1. The predicted octanol–water partition coefficient (Wildman–Crippen LogP) is 1.66. The number of aromatic nitrogens is 3. The number of pyridine rings is 1. The van der Waals surface area contributed by atoms with Crippen LogP contribution in [-0.2, 0) is 17.9 Å². The molecule has 7 heteroatoms. The molecule has 3 aromatic rings. The van der Waals surface area contributed by atoms with Crippen molar-refractivity contribution in [3.63, 3.8) is 0 Å². The van der Waals surface area contributed by atoms with E-state index < -0.39 is 0 Å². The van der Waals surface area contributed by atoms with Crippen LogP contribution in [0.5, 0.6) is 0 Å². The third kappa shape index (κ3) is 3.05. The van der Waals surface area contributed by atoms with Gasteiger partial charge in [-0.2, -0.15) is 4.98 Å². The molecule has 0 atom stereocenters. The van der Waals surface area contributed by atoms with E-state index in [1.165, 1.54) is 4.90 Å². The minimum atomic E-state index is -0.102. The van der Waals surface area contributed by atoms with Gasteiger partial charge in [0, 0.05) is 31.1 Å². The first-order valence-electron chi connectivity index (χ1n) is 7.58. The van der Waals surface area contributed by atoms with Crippen molar-refractivity contribution in [3.05, 3.63) is 58.0 Å². The van der Waals surface area contributed by atoms with Crippen LogP contribution in [0.25, 0.3) is 10.9 Å². The summed E-state index contributed by atoms with van der Waals surface area (Å²) >= 11 is 0. The Balaban J connectivity index is 1.86. The van der Waals surface area contributed by atoms with Crippen molar-refractivity contribution in [1.29, 1.82) is 0 Å². The Morgan fingerprint density at radius 3 is 2.75 bits per heavy atom. The molecule has 24 heavy (non-hydrogen) atoms. The minimum absolute atomic E-state index is 0.0394. The Morgan fingerprint density at radius 1 is 1.29 bits per heavy atom. The fraction of sp³-hybridized carbons (Fsp3) is 0.294. The number of carbonyl (C=O) groups is 1. The van der Waals surface area contributed by atoms with Gasteiger partial charge in [-0.1, -0.05) is 17.3 Å². The minimum Gasteiger partial charge on any atom is -0.340 e. The number of likely N-dealkylation sites (N-methyl/N-ethyl adjacent to an activating group) is 1. The number of carbonyl (C=O) groups excluding carboxylic acids is 1. The second kappa shape index (κ2) is 6.27. The molecule has 7 nitrogen and oxygen atoms in total. The Hall–Kier alpha value is -2.96. The van der Waals surface area contributed by atoms with Crippen LogP contribution in [0.3, 0.4) is 0 Å². The van der Waals surface area contributed by atoms with Crippen molar-refractivity contribution < 1.29 is 9.32 Å². The molecule has 0 fully saturated rings. The molecular formula is C17H18N4O3. The molecule has 0 saturated carbocycles. The molecule has 0 aliphatic rings. The molecule has 2 aromatic heterocycles. The van der Waals surface area contributed by atoms with Crippen LogP contribution in [0.1, 0.15) is 17.4 Å². The normalized spacial score (nSPS) is 11.0. The Kier molecular flexibility index (Phi) is 4.16. The van der Waals surface area contributed by atoms with Crippen LogP contribution in [0, 0.1) is 13.8 Å². The maximum absolute atomic E-state index is 12.5. The molecule has 0 unspecified atom stereocenters. The number of hydrogen-bond donors (Lipinski definition) is 0. The maximum atomic E-state index is 12.5. The summed E-state index contributed by atoms with van der Waals surface area (Å²) in [5.74, 6) is 0.826. The first-order valence-corrected chi connectivity index (χ1v) is 7.58. The molecule has 0 radical (unpaired) electrons. The van der Waals surface area contributed by atoms with Gasteiger partial charge in [0.1, 0.15) is 6.54 Å². The van der Waals surface area contributed by atoms with Gasteiger partial charge in [0.15, 0.2) is 11.3 Å². The van der Waals surface area contributed by atoms with Crippen molar-refractivity contribution >= 4 is 16.8 Å². The molecular weight excluding hydrogens is 308 g/mol. The molecule has 1 amide bonds. The number of fused-ring (bicyclic) bond motifs is 1. The highest BCUT2D eigenvalue weighted by Gasteiger charge is 2.15. The van der Waals surface area contributed by atoms with Gasteiger partial charge < -0.3 is 14.0 Å². The fourth-order valence-corrected chi connectivity index (χ4v) is 2.62. The third-order valence-electron chi connectivity index (χ3n) is 3.89. The summed E-state index contributed by atoms with van der Waals surface area (Å²) in [6, 6.07) is 8.84. The van der Waals surface area contributed by atoms with Gasteiger partial charge in [-0.15, -0.1) is 0 Å². The summed E-state index contributed by atoms with van der Waals surface area (Å²) in [7, 11) is 1.69. The topological polar surface area (TPSA) is 81.2 Å². The summed E-state index contributed by atoms with van der Waals surface area (Å²) in [6.07, 6.45) is 0. The van der Waals surface area contributed by atoms with E-state index in [4.69, 9.17) is 4.52 Å². The van der Waals surface area contributed by atoms with Gasteiger partial charge in [0.25, 0.3) is 0 Å². The van der Waals surface area contributed by atoms with Crippen LogP contribution in [-0.4, -0.2) is 32.6 Å². The molecule has 0 aliphatic carbocycles. The maximum Gasteiger partial charge on any atom is 0.242 e. The van der Waals surface area contributed by atoms with E-state index in [1.807, 2.05) is 29.7 Å². The second-order valence-electron chi connectivity index (χ2n) is 5.73. The van der Waals surface area contributed by atoms with Gasteiger partial charge in [0.05, 0.1) is 12.1 Å². The van der Waals surface area contributed by atoms with Crippen molar-refractivity contribution in [2.45, 2.75) is 26.9 Å². The first kappa shape index (κ1) is 15.9. The quantitative estimate of drug-likeness (QED) is 0.728. The van der Waals surface area contributed by atoms with E-state index in [9.17, 15) is 9.59 Å². The van der Waals surface area contributed by atoms with Gasteiger partial charge in [-0.25, -0.2) is 0 Å². The van der Waals surface area contributed by atoms with Crippen molar-refractivity contribution in [2.24, 2.45) is 0 Å². The Labute approximate surface area is 138 Å². The SMILES string of the molecule is Cc1nc(CN(C)C(=O)Cn2c(C)cc(=O)c3ccccc32)no1. The number of hydrogen-bond acceptors (Lipinski definition) is 5. The summed E-state index contributed by atoms with van der Waals surface area (Å²) in [5.41, 5.74) is 1.46. The zero-order valence-corrected chi connectivity index (χ0v) is 13.8. The van der Waals surface area contributed by atoms with E-state index in [-0.39, 0.29) is 24.4 Å². The molecule has 2 heterocycles. The van der Waals surface area contributed by atoms with E-state index in [0.717, 1.165) is 11.2 Å². The highest BCUT2D eigenvalue weighted by Crippen LogP contribution is 2.13. The van der Waals surface area contributed by atoms with E-state index >= 15 is 0 Å². The van der Waals surface area contributed by atoms with Gasteiger partial charge in [0.2, 0.25) is 11.8 Å². The predicted molar refractivity (Wildman–Crippen MR) is 88.5 cm³/mol. The van der Waals surface area contributed by atoms with Crippen molar-refractivity contribution in [1.82, 2.24) is 19.6 Å². The molecule has 0 N–H and O–H groups in total. The lowest BCUT2D eigenvalue weighted by Crippen LogP contribution is -2.31. The standard InChI is InChI=1S/C17H18N4O3/c1-11-8-15(22)13-6-4-5-7-14(13)21(11)10-17(23)20(3)9-16-18-12(2)24-19-16/h4-8H,9-10H2,1-3H3. The number of rotatable bonds is 4. The molecule has 3 rings (SSSR count). The van der Waals surface area contributed by atoms with Crippen molar-refractivity contribution in [2.75, 3.05) is 7.05 Å². The van der Waals surface area contributed by atoms with Crippen LogP contribution in [0.15, 0.2) is 39.6 Å². The number of benzene rings is 1. The zero-order chi connectivity index (χ0) is 17.3. The summed E-state index contributed by atoms with van der Waals surface area (Å²) in [4.78, 5) is 30.3. The zero-order valence-electron chi connectivity index (χ0n) is 13.8. The lowest BCUT2D eigenvalue weighted by Gasteiger charge is -2.19. The molecule has 0 bridgehead atoms. The van der Waals surface area contributed by atoms with E-state index in [0.29, 0.717) is 17.1 Å². The average Bonchev–Trinajstić information content (AvgIpc) is 2.96. The highest BCUT2D eigenvalue weighted by molar-refractivity contribution is 5.82. The monoisotopic (exact) mass is 326 g/mol. The van der Waals surface area contributed by atoms with E-state index in [2.05, 4.69) is 10.1 Å². The lowest BCUT2D eigenvalue weighted by atomic mass is 10.2. The summed E-state index contributed by atoms with van der Waals surface area (Å²) in [6.45, 7) is 3.94. The molecule has 124 valence electrons. The molecule has 1 aromatic carbocycles. The van der Waals surface area contributed by atoms with Crippen LogP contribution >= 0.6 is 0 Å². The van der Waals surface area contributed by atoms with Crippen molar-refractivity contribution in [3.8, 4) is 0 Å². The lowest BCUT2D eigenvalue weighted by molar-refractivity contribution is -0.131. The second-order valence-corrected chi connectivity index (χ2v) is 5.73. The number of amides is 1. The summed E-state index contributed by atoms with van der Waals surface area (Å²) < 4.78 is 6.76. The van der Waals surface area contributed by atoms with Crippen LogP contribution in [0.4, 0.5) is 0 Å². The van der Waals surface area contributed by atoms with E-state index in [1.54, 1.807) is 26.1 Å². The Bertz CT molecular complexity index is 958. The summed E-state index contributed by atoms with van der Waals surface area (Å²) in [5, 5.41) is 4.40. The van der Waals surface area contributed by atoms with Crippen LogP contribution < -0.4 is 5.43 Å². The highest BCUT2D eigenvalue weighted by atomic mass is 16.5. The van der Waals surface area contributed by atoms with Gasteiger partial charge in [-0.05, 0) is 19.1 Å². The fourth-order valence-electron chi connectivity index (χ4n) is 2.62. The molecule has 0 spiro atoms. The third-order valence-corrected chi connectivity index (χ3v) is 3.89. The first-order chi connectivity index (χ1) is 11.5. The molecule has 0 saturated heterocycles. The Morgan fingerprint density at radius 2 is 2.04 bits per heavy atom. The largest absolute Gasteiger partial charge is 0.340 e. The average molecular weight is 326 g/mol. The number of nitrogens with zero attached hydrogens (tertiary/aromatic N) is 4. The number of aryl methyl sites for hydroxylation is 2. The van der Waals surface area contributed by atoms with Gasteiger partial charge in [-0.3, -0.25) is 9.59 Å². The molecule has 0 aliphatic heterocycles. The smallest absolute Gasteiger partial charge is 0.242 e.